The van der Waals surface area contributed by atoms with Gasteiger partial charge in [-0.25, -0.2) is 4.79 Å². The van der Waals surface area contributed by atoms with Gasteiger partial charge in [0.25, 0.3) is 0 Å². The largest absolute Gasteiger partial charge is 0.477 e. The highest BCUT2D eigenvalue weighted by Gasteiger charge is 2.50. The van der Waals surface area contributed by atoms with Gasteiger partial charge in [-0.15, -0.1) is 0 Å². The number of nitrogens with one attached hydrogen (secondary N) is 1. The number of allylic oxidation sites excluding steroid dienone is 1. The Kier molecular flexibility index (Phi) is 6.41. The molecule has 1 fully saturated rings. The van der Waals surface area contributed by atoms with Gasteiger partial charge in [0.2, 0.25) is 5.91 Å². The fraction of sp³-hybridized carbons (Fsp3) is 0.688. The van der Waals surface area contributed by atoms with Crippen LogP contribution in [0.25, 0.3) is 0 Å². The molecule has 0 radical (unpaired) electrons. The fourth-order valence-electron chi connectivity index (χ4n) is 2.27. The molecular formula is C16H24N2O3. The minimum Gasteiger partial charge on any atom is -0.477 e. The lowest BCUT2D eigenvalue weighted by Crippen LogP contribution is -2.29. The Morgan fingerprint density at radius 3 is 2.48 bits per heavy atom. The third-order valence-electron chi connectivity index (χ3n) is 3.91. The van der Waals surface area contributed by atoms with E-state index in [2.05, 4.69) is 11.4 Å². The van der Waals surface area contributed by atoms with Gasteiger partial charge in [-0.1, -0.05) is 32.8 Å². The number of nitrogens with zero attached hydrogens (tertiary/aromatic N) is 1. The lowest BCUT2D eigenvalue weighted by Gasteiger charge is -2.07. The molecule has 1 aliphatic rings. The molecule has 2 N–H and O–H groups in total. The Bertz CT molecular complexity index is 461. The number of unbranched alkanes of at least 4 members (excludes halogenated alkanes) is 5. The van der Waals surface area contributed by atoms with Crippen LogP contribution in [0.3, 0.4) is 0 Å². The standard InChI is InChI=1S/C16H24N2O3/c1-16(2)11-12(16)14(19)18-13(15(20)21)9-7-5-3-4-6-8-10-17/h9,12H,3-8,11H2,1-2H3,(H,18,19)(H,20,21)/b13-9+. The van der Waals surface area contributed by atoms with E-state index in [0.717, 1.165) is 32.1 Å². The molecule has 116 valence electrons. The topological polar surface area (TPSA) is 90.2 Å². The van der Waals surface area contributed by atoms with E-state index < -0.39 is 5.97 Å². The Morgan fingerprint density at radius 1 is 1.33 bits per heavy atom. The molecule has 1 rings (SSSR count). The summed E-state index contributed by atoms with van der Waals surface area (Å²) in [6.45, 7) is 4.01. The molecule has 1 aliphatic carbocycles. The maximum Gasteiger partial charge on any atom is 0.352 e. The number of hydrogen-bond donors (Lipinski definition) is 2. The third kappa shape index (κ3) is 5.99. The van der Waals surface area contributed by atoms with E-state index in [9.17, 15) is 9.59 Å². The molecule has 0 aliphatic heterocycles. The van der Waals surface area contributed by atoms with Crippen LogP contribution in [-0.4, -0.2) is 17.0 Å². The highest BCUT2D eigenvalue weighted by atomic mass is 16.4. The Hall–Kier alpha value is -1.83. The number of nitriles is 1. The summed E-state index contributed by atoms with van der Waals surface area (Å²) in [4.78, 5) is 23.0. The maximum atomic E-state index is 11.9. The molecule has 1 saturated carbocycles. The van der Waals surface area contributed by atoms with Crippen LogP contribution in [0, 0.1) is 22.7 Å². The molecule has 1 amide bonds. The molecule has 1 atom stereocenters. The molecular weight excluding hydrogens is 268 g/mol. The van der Waals surface area contributed by atoms with Crippen molar-refractivity contribution in [3.63, 3.8) is 0 Å². The molecule has 5 heteroatoms. The lowest BCUT2D eigenvalue weighted by molar-refractivity contribution is -0.135. The number of carboxylic acid groups (broad SMARTS) is 1. The maximum absolute atomic E-state index is 11.9. The monoisotopic (exact) mass is 292 g/mol. The van der Waals surface area contributed by atoms with Crippen molar-refractivity contribution >= 4 is 11.9 Å². The fourth-order valence-corrected chi connectivity index (χ4v) is 2.27. The number of aliphatic carboxylic acids is 1. The molecule has 21 heavy (non-hydrogen) atoms. The molecule has 0 aromatic carbocycles. The highest BCUT2D eigenvalue weighted by molar-refractivity contribution is 5.94. The second-order valence-corrected chi connectivity index (χ2v) is 6.27. The van der Waals surface area contributed by atoms with Crippen LogP contribution in [0.1, 0.15) is 58.8 Å². The van der Waals surface area contributed by atoms with Crippen molar-refractivity contribution in [3.05, 3.63) is 11.8 Å². The molecule has 0 aromatic heterocycles. The van der Waals surface area contributed by atoms with Crippen molar-refractivity contribution in [3.8, 4) is 6.07 Å². The molecule has 0 aromatic rings. The second kappa shape index (κ2) is 7.82. The van der Waals surface area contributed by atoms with Crippen molar-refractivity contribution < 1.29 is 14.7 Å². The van der Waals surface area contributed by atoms with Crippen molar-refractivity contribution in [2.75, 3.05) is 0 Å². The van der Waals surface area contributed by atoms with Crippen molar-refractivity contribution in [1.82, 2.24) is 5.32 Å². The second-order valence-electron chi connectivity index (χ2n) is 6.27. The SMILES string of the molecule is CC1(C)CC1C(=O)N/C(=C/CCCCCCC#N)C(=O)O. The van der Waals surface area contributed by atoms with Crippen LogP contribution < -0.4 is 5.32 Å². The average molecular weight is 292 g/mol. The first-order valence-corrected chi connectivity index (χ1v) is 7.50. The van der Waals surface area contributed by atoms with Gasteiger partial charge in [-0.2, -0.15) is 5.26 Å². The summed E-state index contributed by atoms with van der Waals surface area (Å²) in [7, 11) is 0. The smallest absolute Gasteiger partial charge is 0.352 e. The Labute approximate surface area is 126 Å². The van der Waals surface area contributed by atoms with E-state index in [0.29, 0.717) is 12.8 Å². The predicted octanol–water partition coefficient (Wildman–Crippen LogP) is 2.98. The number of rotatable bonds is 9. The third-order valence-corrected chi connectivity index (χ3v) is 3.91. The van der Waals surface area contributed by atoms with E-state index >= 15 is 0 Å². The van der Waals surface area contributed by atoms with Gasteiger partial charge in [0.1, 0.15) is 5.70 Å². The number of carbonyl (C=O) groups excluding carboxylic acids is 1. The quantitative estimate of drug-likeness (QED) is 0.505. The van der Waals surface area contributed by atoms with Gasteiger partial charge < -0.3 is 10.4 Å². The summed E-state index contributed by atoms with van der Waals surface area (Å²) in [5.74, 6) is -1.36. The summed E-state index contributed by atoms with van der Waals surface area (Å²) in [6.07, 6.45) is 7.30. The van der Waals surface area contributed by atoms with E-state index in [1.807, 2.05) is 13.8 Å². The summed E-state index contributed by atoms with van der Waals surface area (Å²) < 4.78 is 0. The van der Waals surface area contributed by atoms with Crippen molar-refractivity contribution in [2.24, 2.45) is 11.3 Å². The number of hydrogen-bond acceptors (Lipinski definition) is 3. The summed E-state index contributed by atoms with van der Waals surface area (Å²) in [5, 5.41) is 20.0. The number of carboxylic acids is 1. The molecule has 0 spiro atoms. The molecule has 0 bridgehead atoms. The first-order chi connectivity index (χ1) is 9.88. The summed E-state index contributed by atoms with van der Waals surface area (Å²) >= 11 is 0. The first kappa shape index (κ1) is 17.2. The normalized spacial score (nSPS) is 19.7. The van der Waals surface area contributed by atoms with Gasteiger partial charge in [0, 0.05) is 12.3 Å². The minimum atomic E-state index is -1.09. The Morgan fingerprint density at radius 2 is 1.95 bits per heavy atom. The molecule has 0 heterocycles. The summed E-state index contributed by atoms with van der Waals surface area (Å²) in [5.41, 5.74) is -0.0197. The van der Waals surface area contributed by atoms with Crippen LogP contribution in [0.2, 0.25) is 0 Å². The van der Waals surface area contributed by atoms with E-state index in [1.54, 1.807) is 6.08 Å². The van der Waals surface area contributed by atoms with Crippen LogP contribution in [0.15, 0.2) is 11.8 Å². The number of carbonyl (C=O) groups is 2. The zero-order valence-corrected chi connectivity index (χ0v) is 12.8. The van der Waals surface area contributed by atoms with Gasteiger partial charge >= 0.3 is 5.97 Å². The van der Waals surface area contributed by atoms with Crippen molar-refractivity contribution in [2.45, 2.75) is 58.8 Å². The molecule has 1 unspecified atom stereocenters. The van der Waals surface area contributed by atoms with Gasteiger partial charge in [0.15, 0.2) is 0 Å². The van der Waals surface area contributed by atoms with Crippen LogP contribution in [0.4, 0.5) is 0 Å². The van der Waals surface area contributed by atoms with Gasteiger partial charge in [-0.3, -0.25) is 4.79 Å². The predicted molar refractivity (Wildman–Crippen MR) is 79.1 cm³/mol. The van der Waals surface area contributed by atoms with Crippen LogP contribution in [0.5, 0.6) is 0 Å². The molecule has 0 saturated heterocycles. The lowest BCUT2D eigenvalue weighted by atomic mass is 10.1. The highest BCUT2D eigenvalue weighted by Crippen LogP contribution is 2.51. The molecule has 5 nitrogen and oxygen atoms in total. The zero-order valence-electron chi connectivity index (χ0n) is 12.8. The summed E-state index contributed by atoms with van der Waals surface area (Å²) in [6, 6.07) is 2.10. The van der Waals surface area contributed by atoms with Crippen LogP contribution >= 0.6 is 0 Å². The number of amides is 1. The average Bonchev–Trinajstić information content (AvgIpc) is 3.05. The van der Waals surface area contributed by atoms with Crippen LogP contribution in [-0.2, 0) is 9.59 Å². The van der Waals surface area contributed by atoms with E-state index in [1.165, 1.54) is 0 Å². The Balaban J connectivity index is 2.32. The van der Waals surface area contributed by atoms with Gasteiger partial charge in [0.05, 0.1) is 6.07 Å². The zero-order chi connectivity index (χ0) is 15.9. The van der Waals surface area contributed by atoms with Crippen molar-refractivity contribution in [1.29, 1.82) is 5.26 Å². The van der Waals surface area contributed by atoms with E-state index in [4.69, 9.17) is 10.4 Å². The first-order valence-electron chi connectivity index (χ1n) is 7.50. The van der Waals surface area contributed by atoms with E-state index in [-0.39, 0.29) is 22.9 Å². The van der Waals surface area contributed by atoms with Gasteiger partial charge in [-0.05, 0) is 31.1 Å². The minimum absolute atomic E-state index is 0.00552.